The van der Waals surface area contributed by atoms with Crippen LogP contribution in [0.5, 0.6) is 0 Å². The average Bonchev–Trinajstić information content (AvgIpc) is 2.62. The number of ether oxygens (including phenoxy) is 1. The van der Waals surface area contributed by atoms with Gasteiger partial charge in [-0.25, -0.2) is 4.79 Å². The van der Waals surface area contributed by atoms with E-state index >= 15 is 0 Å². The van der Waals surface area contributed by atoms with Crippen LogP contribution in [-0.4, -0.2) is 51.4 Å². The van der Waals surface area contributed by atoms with E-state index in [0.29, 0.717) is 5.56 Å². The van der Waals surface area contributed by atoms with E-state index in [1.165, 1.54) is 4.90 Å². The van der Waals surface area contributed by atoms with Crippen LogP contribution in [0.3, 0.4) is 0 Å². The highest BCUT2D eigenvalue weighted by Crippen LogP contribution is 2.33. The van der Waals surface area contributed by atoms with Crippen LogP contribution in [0.15, 0.2) is 18.2 Å². The van der Waals surface area contributed by atoms with Crippen molar-refractivity contribution in [1.82, 2.24) is 15.5 Å². The van der Waals surface area contributed by atoms with Crippen molar-refractivity contribution in [2.45, 2.75) is 111 Å². The molecule has 0 heterocycles. The third-order valence-corrected chi connectivity index (χ3v) is 5.09. The summed E-state index contributed by atoms with van der Waals surface area (Å²) in [5.74, 6) is -1.78. The standard InChI is InChI=1S/C27H44N4O5/c1-16-12-13-17(2)18(14-16)21(22(33)30-25(3,4)5)31(26(6,7)8)23(34)19(15-20(28)32)29-24(35)36-27(9,10)11/h12-14,19,21H,15H2,1-11H3,(H2,28,32)(H,29,35)(H,30,33). The molecule has 1 rings (SSSR count). The Morgan fingerprint density at radius 2 is 1.53 bits per heavy atom. The average molecular weight is 505 g/mol. The number of nitrogens with one attached hydrogen (secondary N) is 2. The van der Waals surface area contributed by atoms with E-state index in [1.54, 1.807) is 41.5 Å². The van der Waals surface area contributed by atoms with Gasteiger partial charge in [0.25, 0.3) is 0 Å². The fourth-order valence-electron chi connectivity index (χ4n) is 3.75. The van der Waals surface area contributed by atoms with Crippen LogP contribution in [0.25, 0.3) is 0 Å². The predicted octanol–water partition coefficient (Wildman–Crippen LogP) is 3.66. The lowest BCUT2D eigenvalue weighted by Gasteiger charge is -2.44. The van der Waals surface area contributed by atoms with Gasteiger partial charge in [-0.3, -0.25) is 14.4 Å². The van der Waals surface area contributed by atoms with Crippen molar-refractivity contribution in [3.05, 3.63) is 34.9 Å². The second-order valence-corrected chi connectivity index (χ2v) is 12.3. The largest absolute Gasteiger partial charge is 0.444 e. The molecule has 0 aliphatic rings. The van der Waals surface area contributed by atoms with Gasteiger partial charge in [0.1, 0.15) is 17.7 Å². The number of aryl methyl sites for hydroxylation is 2. The molecule has 2 atom stereocenters. The first-order valence-electron chi connectivity index (χ1n) is 12.1. The smallest absolute Gasteiger partial charge is 0.408 e. The molecule has 0 spiro atoms. The Bertz CT molecular complexity index is 983. The van der Waals surface area contributed by atoms with Gasteiger partial charge in [-0.15, -0.1) is 0 Å². The van der Waals surface area contributed by atoms with Crippen molar-refractivity contribution in [2.75, 3.05) is 0 Å². The number of rotatable bonds is 7. The first-order valence-corrected chi connectivity index (χ1v) is 12.1. The van der Waals surface area contributed by atoms with Gasteiger partial charge in [-0.2, -0.15) is 0 Å². The molecule has 2 unspecified atom stereocenters. The summed E-state index contributed by atoms with van der Waals surface area (Å²) in [7, 11) is 0. The minimum Gasteiger partial charge on any atom is -0.444 e. The summed E-state index contributed by atoms with van der Waals surface area (Å²) < 4.78 is 5.31. The van der Waals surface area contributed by atoms with Gasteiger partial charge in [-0.05, 0) is 87.3 Å². The highest BCUT2D eigenvalue weighted by molar-refractivity contribution is 5.95. The first-order chi connectivity index (χ1) is 16.1. The maximum Gasteiger partial charge on any atom is 0.408 e. The summed E-state index contributed by atoms with van der Waals surface area (Å²) in [6, 6.07) is 3.34. The van der Waals surface area contributed by atoms with Crippen molar-refractivity contribution >= 4 is 23.8 Å². The van der Waals surface area contributed by atoms with E-state index in [0.717, 1.165) is 11.1 Å². The number of carbonyl (C=O) groups excluding carboxylic acids is 4. The molecule has 0 fully saturated rings. The molecule has 202 valence electrons. The van der Waals surface area contributed by atoms with Crippen LogP contribution in [0.2, 0.25) is 0 Å². The van der Waals surface area contributed by atoms with Crippen LogP contribution in [0, 0.1) is 13.8 Å². The number of amides is 4. The summed E-state index contributed by atoms with van der Waals surface area (Å²) in [6.07, 6.45) is -1.32. The number of nitrogens with two attached hydrogens (primary N) is 1. The molecular formula is C27H44N4O5. The number of carbonyl (C=O) groups is 4. The number of primary amides is 1. The molecule has 0 aliphatic heterocycles. The van der Waals surface area contributed by atoms with E-state index in [-0.39, 0.29) is 5.91 Å². The molecule has 1 aromatic rings. The van der Waals surface area contributed by atoms with Crippen molar-refractivity contribution in [2.24, 2.45) is 5.73 Å². The molecule has 4 N–H and O–H groups in total. The molecule has 36 heavy (non-hydrogen) atoms. The third-order valence-electron chi connectivity index (χ3n) is 5.09. The molecule has 0 aromatic heterocycles. The second-order valence-electron chi connectivity index (χ2n) is 12.3. The molecule has 0 bridgehead atoms. The topological polar surface area (TPSA) is 131 Å². The number of hydrogen-bond acceptors (Lipinski definition) is 5. The maximum atomic E-state index is 14.1. The Hall–Kier alpha value is -3.10. The van der Waals surface area contributed by atoms with Gasteiger partial charge in [0.15, 0.2) is 0 Å². The van der Waals surface area contributed by atoms with Gasteiger partial charge >= 0.3 is 6.09 Å². The van der Waals surface area contributed by atoms with Crippen molar-refractivity contribution in [3.8, 4) is 0 Å². The third kappa shape index (κ3) is 9.51. The molecule has 0 saturated carbocycles. The monoisotopic (exact) mass is 504 g/mol. The van der Waals surface area contributed by atoms with E-state index in [2.05, 4.69) is 10.6 Å². The zero-order valence-corrected chi connectivity index (χ0v) is 23.7. The zero-order chi connectivity index (χ0) is 28.2. The Morgan fingerprint density at radius 3 is 1.97 bits per heavy atom. The maximum absolute atomic E-state index is 14.1. The Kier molecular flexibility index (Phi) is 9.72. The summed E-state index contributed by atoms with van der Waals surface area (Å²) in [4.78, 5) is 53.7. The van der Waals surface area contributed by atoms with E-state index in [4.69, 9.17) is 10.5 Å². The summed E-state index contributed by atoms with van der Waals surface area (Å²) in [6.45, 7) is 19.8. The van der Waals surface area contributed by atoms with Crippen molar-refractivity contribution < 1.29 is 23.9 Å². The van der Waals surface area contributed by atoms with Crippen LogP contribution >= 0.6 is 0 Å². The molecule has 0 saturated heterocycles. The summed E-state index contributed by atoms with van der Waals surface area (Å²) >= 11 is 0. The summed E-state index contributed by atoms with van der Waals surface area (Å²) in [5.41, 5.74) is 5.57. The van der Waals surface area contributed by atoms with Crippen LogP contribution in [-0.2, 0) is 19.1 Å². The van der Waals surface area contributed by atoms with E-state index < -0.39 is 53.1 Å². The Balaban J connectivity index is 3.71. The number of nitrogens with zero attached hydrogens (tertiary/aromatic N) is 1. The van der Waals surface area contributed by atoms with Gasteiger partial charge in [-0.1, -0.05) is 23.8 Å². The van der Waals surface area contributed by atoms with Crippen molar-refractivity contribution in [3.63, 3.8) is 0 Å². The fraction of sp³-hybridized carbons (Fsp3) is 0.630. The molecule has 1 aromatic carbocycles. The lowest BCUT2D eigenvalue weighted by Crippen LogP contribution is -2.60. The quantitative estimate of drug-likeness (QED) is 0.522. The lowest BCUT2D eigenvalue weighted by molar-refractivity contribution is -0.149. The Labute approximate surface area is 215 Å². The van der Waals surface area contributed by atoms with Gasteiger partial charge < -0.3 is 26.0 Å². The van der Waals surface area contributed by atoms with Gasteiger partial charge in [0.05, 0.1) is 6.42 Å². The van der Waals surface area contributed by atoms with E-state index in [1.807, 2.05) is 52.8 Å². The predicted molar refractivity (Wildman–Crippen MR) is 140 cm³/mol. The number of benzene rings is 1. The molecule has 0 radical (unpaired) electrons. The van der Waals surface area contributed by atoms with Crippen LogP contribution < -0.4 is 16.4 Å². The first kappa shape index (κ1) is 30.9. The second kappa shape index (κ2) is 11.3. The highest BCUT2D eigenvalue weighted by atomic mass is 16.6. The van der Waals surface area contributed by atoms with Crippen LogP contribution in [0.4, 0.5) is 4.79 Å². The normalized spacial score (nSPS) is 13.9. The highest BCUT2D eigenvalue weighted by Gasteiger charge is 2.43. The molecule has 9 heteroatoms. The zero-order valence-electron chi connectivity index (χ0n) is 23.7. The van der Waals surface area contributed by atoms with Gasteiger partial charge in [0.2, 0.25) is 17.7 Å². The number of alkyl carbamates (subject to hydrolysis) is 1. The molecule has 0 aliphatic carbocycles. The van der Waals surface area contributed by atoms with E-state index in [9.17, 15) is 19.2 Å². The fourth-order valence-corrected chi connectivity index (χ4v) is 3.75. The Morgan fingerprint density at radius 1 is 0.972 bits per heavy atom. The molecule has 9 nitrogen and oxygen atoms in total. The lowest BCUT2D eigenvalue weighted by atomic mass is 9.91. The molecule has 4 amide bonds. The van der Waals surface area contributed by atoms with Gasteiger partial charge in [0, 0.05) is 11.1 Å². The SMILES string of the molecule is Cc1ccc(C)c(C(C(=O)NC(C)(C)C)N(C(=O)C(CC(N)=O)NC(=O)OC(C)(C)C)C(C)(C)C)c1. The molecular weight excluding hydrogens is 460 g/mol. The number of hydrogen-bond donors (Lipinski definition) is 3. The van der Waals surface area contributed by atoms with Crippen molar-refractivity contribution in [1.29, 1.82) is 0 Å². The minimum absolute atomic E-state index is 0.380. The minimum atomic E-state index is -1.33. The summed E-state index contributed by atoms with van der Waals surface area (Å²) in [5, 5.41) is 5.48. The van der Waals surface area contributed by atoms with Crippen LogP contribution in [0.1, 0.15) is 91.5 Å².